The summed E-state index contributed by atoms with van der Waals surface area (Å²) in [5.41, 5.74) is 6.71. The minimum atomic E-state index is -0.447. The second kappa shape index (κ2) is 13.8. The summed E-state index contributed by atoms with van der Waals surface area (Å²) in [7, 11) is 0. The van der Waals surface area contributed by atoms with Crippen molar-refractivity contribution >= 4 is 46.0 Å². The first-order valence-corrected chi connectivity index (χ1v) is 15.0. The highest BCUT2D eigenvalue weighted by Crippen LogP contribution is 2.28. The highest BCUT2D eigenvalue weighted by molar-refractivity contribution is 8.00. The van der Waals surface area contributed by atoms with Crippen molar-refractivity contribution in [1.82, 2.24) is 20.2 Å². The molecule has 0 aliphatic heterocycles. The van der Waals surface area contributed by atoms with Crippen LogP contribution < -0.4 is 15.6 Å². The molecule has 42 heavy (non-hydrogen) atoms. The van der Waals surface area contributed by atoms with Gasteiger partial charge in [0.05, 0.1) is 18.0 Å². The lowest BCUT2D eigenvalue weighted by atomic mass is 10.1. The number of aromatic nitrogens is 3. The van der Waals surface area contributed by atoms with Crippen LogP contribution in [0.15, 0.2) is 107 Å². The Balaban J connectivity index is 1.27. The number of thioether (sulfide) groups is 1. The van der Waals surface area contributed by atoms with Crippen molar-refractivity contribution in [3.8, 4) is 5.69 Å². The number of benzene rings is 4. The fourth-order valence-corrected chi connectivity index (χ4v) is 5.59. The highest BCUT2D eigenvalue weighted by Gasteiger charge is 2.21. The van der Waals surface area contributed by atoms with Crippen molar-refractivity contribution in [3.63, 3.8) is 0 Å². The molecule has 0 saturated carbocycles. The van der Waals surface area contributed by atoms with Crippen LogP contribution in [0.5, 0.6) is 0 Å². The van der Waals surface area contributed by atoms with Crippen LogP contribution in [0.25, 0.3) is 16.5 Å². The van der Waals surface area contributed by atoms with E-state index in [4.69, 9.17) is 0 Å². The number of hydrogen-bond acceptors (Lipinski definition) is 7. The second-order valence-corrected chi connectivity index (χ2v) is 11.0. The smallest absolute Gasteiger partial charge is 0.253 e. The minimum absolute atomic E-state index is 0.214. The van der Waals surface area contributed by atoms with Gasteiger partial charge in [0.1, 0.15) is 0 Å². The summed E-state index contributed by atoms with van der Waals surface area (Å²) >= 11 is 1.34. The monoisotopic (exact) mass is 577 g/mol. The third-order valence-corrected chi connectivity index (χ3v) is 8.05. The third-order valence-electron chi connectivity index (χ3n) is 7.00. The summed E-state index contributed by atoms with van der Waals surface area (Å²) in [4.78, 5) is 15.2. The summed E-state index contributed by atoms with van der Waals surface area (Å²) in [6.07, 6.45) is 1.66. The molecule has 1 amide bonds. The molecule has 0 saturated heterocycles. The number of fused-ring (bicyclic) bond motifs is 1. The van der Waals surface area contributed by atoms with Crippen LogP contribution in [0.2, 0.25) is 0 Å². The van der Waals surface area contributed by atoms with Crippen LogP contribution in [-0.2, 0) is 11.3 Å². The van der Waals surface area contributed by atoms with Gasteiger partial charge < -0.3 is 10.2 Å². The number of nitrogens with zero attached hydrogens (tertiary/aromatic N) is 5. The van der Waals surface area contributed by atoms with Crippen molar-refractivity contribution < 1.29 is 4.79 Å². The van der Waals surface area contributed by atoms with E-state index in [-0.39, 0.29) is 5.91 Å². The van der Waals surface area contributed by atoms with Gasteiger partial charge in [-0.2, -0.15) is 5.10 Å². The van der Waals surface area contributed by atoms with Gasteiger partial charge in [-0.3, -0.25) is 9.36 Å². The summed E-state index contributed by atoms with van der Waals surface area (Å²) in [5.74, 6) is 0.532. The van der Waals surface area contributed by atoms with Crippen molar-refractivity contribution in [2.24, 2.45) is 5.10 Å². The van der Waals surface area contributed by atoms with E-state index in [1.807, 2.05) is 72.2 Å². The molecule has 214 valence electrons. The number of carbonyl (C=O) groups is 1. The van der Waals surface area contributed by atoms with Crippen molar-refractivity contribution in [2.75, 3.05) is 23.3 Å². The average Bonchev–Trinajstić information content (AvgIpc) is 3.43. The van der Waals surface area contributed by atoms with E-state index in [0.29, 0.717) is 11.7 Å². The van der Waals surface area contributed by atoms with E-state index in [1.54, 1.807) is 6.21 Å². The number of hydrazone groups is 1. The molecule has 2 N–H and O–H groups in total. The van der Waals surface area contributed by atoms with Gasteiger partial charge in [0, 0.05) is 35.5 Å². The van der Waals surface area contributed by atoms with E-state index < -0.39 is 5.25 Å². The molecule has 4 aromatic carbocycles. The zero-order valence-electron chi connectivity index (χ0n) is 24.1. The van der Waals surface area contributed by atoms with Gasteiger partial charge in [0.2, 0.25) is 0 Å². The summed E-state index contributed by atoms with van der Waals surface area (Å²) in [5, 5.41) is 19.2. The first kappa shape index (κ1) is 28.9. The Morgan fingerprint density at radius 2 is 1.64 bits per heavy atom. The van der Waals surface area contributed by atoms with Gasteiger partial charge in [-0.15, -0.1) is 10.2 Å². The molecule has 1 heterocycles. The zero-order valence-corrected chi connectivity index (χ0v) is 24.9. The van der Waals surface area contributed by atoms with E-state index in [2.05, 4.69) is 81.2 Å². The van der Waals surface area contributed by atoms with E-state index in [0.717, 1.165) is 41.2 Å². The van der Waals surface area contributed by atoms with Crippen LogP contribution >= 0.6 is 11.8 Å². The molecule has 8 nitrogen and oxygen atoms in total. The number of rotatable bonds is 12. The lowest BCUT2D eigenvalue weighted by Crippen LogP contribution is -2.27. The van der Waals surface area contributed by atoms with E-state index in [9.17, 15) is 4.79 Å². The molecule has 0 spiro atoms. The summed E-state index contributed by atoms with van der Waals surface area (Å²) in [6.45, 7) is 8.49. The number of carbonyl (C=O) groups excluding carboxylic acids is 1. The Morgan fingerprint density at radius 3 is 2.40 bits per heavy atom. The largest absolute Gasteiger partial charge is 0.377 e. The zero-order chi connectivity index (χ0) is 29.3. The van der Waals surface area contributed by atoms with E-state index in [1.165, 1.54) is 22.8 Å². The molecule has 0 bridgehead atoms. The number of anilines is 2. The Hall–Kier alpha value is -4.63. The molecule has 0 aliphatic carbocycles. The Labute approximate surface area is 250 Å². The van der Waals surface area contributed by atoms with Gasteiger partial charge in [-0.1, -0.05) is 78.5 Å². The maximum atomic E-state index is 12.9. The van der Waals surface area contributed by atoms with Crippen molar-refractivity contribution in [2.45, 2.75) is 37.7 Å². The molecular formula is C33H35N7OS. The standard InChI is InChI=1S/C33H35N7OS/c1-4-39(5-2)27-20-18-25(19-21-27)22-35-37-32(41)24(3)42-33-38-36-31(40(33)28-14-7-6-8-15-28)23-34-30-17-11-13-26-12-9-10-16-29(26)30/h6-22,24,34H,4-5,23H2,1-3H3,(H,37,41)/b35-22-. The molecule has 0 fully saturated rings. The van der Waals surface area contributed by atoms with Crippen LogP contribution in [0, 0.1) is 0 Å². The fraction of sp³-hybridized carbons (Fsp3) is 0.212. The van der Waals surface area contributed by atoms with Crippen LogP contribution in [0.1, 0.15) is 32.2 Å². The predicted octanol–water partition coefficient (Wildman–Crippen LogP) is 6.51. The molecule has 5 rings (SSSR count). The quantitative estimate of drug-likeness (QED) is 0.0999. The summed E-state index contributed by atoms with van der Waals surface area (Å²) in [6, 6.07) is 32.5. The van der Waals surface area contributed by atoms with Gasteiger partial charge >= 0.3 is 0 Å². The number of amides is 1. The third kappa shape index (κ3) is 6.80. The van der Waals surface area contributed by atoms with Crippen LogP contribution in [-0.4, -0.2) is 45.2 Å². The molecule has 1 atom stereocenters. The highest BCUT2D eigenvalue weighted by atomic mass is 32.2. The lowest BCUT2D eigenvalue weighted by Gasteiger charge is -2.20. The Kier molecular flexibility index (Phi) is 9.51. The van der Waals surface area contributed by atoms with Crippen molar-refractivity contribution in [1.29, 1.82) is 0 Å². The average molecular weight is 578 g/mol. The topological polar surface area (TPSA) is 87.4 Å². The molecule has 5 aromatic rings. The number of nitrogens with one attached hydrogen (secondary N) is 2. The Morgan fingerprint density at radius 1 is 0.929 bits per heavy atom. The predicted molar refractivity (Wildman–Crippen MR) is 174 cm³/mol. The molecule has 1 unspecified atom stereocenters. The van der Waals surface area contributed by atoms with Gasteiger partial charge in [-0.25, -0.2) is 5.43 Å². The molecule has 1 aromatic heterocycles. The summed E-state index contributed by atoms with van der Waals surface area (Å²) < 4.78 is 1.99. The maximum Gasteiger partial charge on any atom is 0.253 e. The number of para-hydroxylation sites is 1. The first-order chi connectivity index (χ1) is 20.6. The molecule has 9 heteroatoms. The van der Waals surface area contributed by atoms with Crippen LogP contribution in [0.4, 0.5) is 11.4 Å². The maximum absolute atomic E-state index is 12.9. The van der Waals surface area contributed by atoms with Gasteiger partial charge in [-0.05, 0) is 62.1 Å². The SMILES string of the molecule is CCN(CC)c1ccc(/C=N\NC(=O)C(C)Sc2nnc(CNc3cccc4ccccc34)n2-c2ccccc2)cc1. The molecule has 0 radical (unpaired) electrons. The second-order valence-electron chi connectivity index (χ2n) is 9.71. The molecular weight excluding hydrogens is 542 g/mol. The normalized spacial score (nSPS) is 12.0. The lowest BCUT2D eigenvalue weighted by molar-refractivity contribution is -0.120. The van der Waals surface area contributed by atoms with E-state index >= 15 is 0 Å². The van der Waals surface area contributed by atoms with Crippen molar-refractivity contribution in [3.05, 3.63) is 108 Å². The van der Waals surface area contributed by atoms with Gasteiger partial charge in [0.15, 0.2) is 11.0 Å². The number of hydrogen-bond donors (Lipinski definition) is 2. The first-order valence-electron chi connectivity index (χ1n) is 14.1. The van der Waals surface area contributed by atoms with Crippen LogP contribution in [0.3, 0.4) is 0 Å². The fourth-order valence-electron chi connectivity index (χ4n) is 4.71. The Bertz CT molecular complexity index is 1640. The minimum Gasteiger partial charge on any atom is -0.377 e. The molecule has 0 aliphatic rings. The van der Waals surface area contributed by atoms with Gasteiger partial charge in [0.25, 0.3) is 5.91 Å².